The van der Waals surface area contributed by atoms with E-state index < -0.39 is 0 Å². The molecular formula is C12H22N2OS. The highest BCUT2D eigenvalue weighted by Crippen LogP contribution is 2.30. The third-order valence-electron chi connectivity index (χ3n) is 2.87. The Morgan fingerprint density at radius 1 is 1.44 bits per heavy atom. The van der Waals surface area contributed by atoms with Gasteiger partial charge in [0, 0.05) is 18.6 Å². The van der Waals surface area contributed by atoms with Crippen molar-refractivity contribution >= 4 is 11.3 Å². The highest BCUT2D eigenvalue weighted by molar-refractivity contribution is 7.11. The number of methoxy groups -OCH3 is 1. The second kappa shape index (κ2) is 5.75. The molecule has 0 bridgehead atoms. The standard InChI is InChI=1S/C12H22N2OS/c1-6-13-12(4,7-8-15-5)11-14-9(2)10(3)16-11/h13H,6-8H2,1-5H3. The van der Waals surface area contributed by atoms with Gasteiger partial charge in [0.15, 0.2) is 0 Å². The van der Waals surface area contributed by atoms with Crippen LogP contribution in [-0.2, 0) is 10.3 Å². The molecule has 0 spiro atoms. The Labute approximate surface area is 102 Å². The summed E-state index contributed by atoms with van der Waals surface area (Å²) in [6.45, 7) is 10.2. The maximum atomic E-state index is 5.18. The van der Waals surface area contributed by atoms with Gasteiger partial charge < -0.3 is 10.1 Å². The van der Waals surface area contributed by atoms with Gasteiger partial charge in [-0.25, -0.2) is 4.98 Å². The van der Waals surface area contributed by atoms with Crippen molar-refractivity contribution in [1.29, 1.82) is 0 Å². The van der Waals surface area contributed by atoms with Gasteiger partial charge in [-0.2, -0.15) is 0 Å². The van der Waals surface area contributed by atoms with Crippen molar-refractivity contribution in [3.8, 4) is 0 Å². The van der Waals surface area contributed by atoms with Gasteiger partial charge in [0.05, 0.1) is 11.2 Å². The van der Waals surface area contributed by atoms with Gasteiger partial charge in [-0.3, -0.25) is 0 Å². The lowest BCUT2D eigenvalue weighted by molar-refractivity contribution is 0.160. The lowest BCUT2D eigenvalue weighted by atomic mass is 9.99. The second-order valence-electron chi connectivity index (χ2n) is 4.27. The monoisotopic (exact) mass is 242 g/mol. The summed E-state index contributed by atoms with van der Waals surface area (Å²) in [6, 6.07) is 0. The van der Waals surface area contributed by atoms with Crippen LogP contribution in [0, 0.1) is 13.8 Å². The van der Waals surface area contributed by atoms with Gasteiger partial charge in [0.2, 0.25) is 0 Å². The van der Waals surface area contributed by atoms with Gasteiger partial charge in [-0.05, 0) is 33.7 Å². The van der Waals surface area contributed by atoms with Crippen LogP contribution in [-0.4, -0.2) is 25.2 Å². The zero-order chi connectivity index (χ0) is 12.2. The zero-order valence-electron chi connectivity index (χ0n) is 10.9. The molecule has 0 fully saturated rings. The van der Waals surface area contributed by atoms with Crippen LogP contribution in [0.3, 0.4) is 0 Å². The summed E-state index contributed by atoms with van der Waals surface area (Å²) < 4.78 is 5.18. The lowest BCUT2D eigenvalue weighted by Crippen LogP contribution is -2.40. The Bertz CT molecular complexity index is 318. The van der Waals surface area contributed by atoms with Crippen LogP contribution in [0.1, 0.15) is 35.8 Å². The number of rotatable bonds is 6. The molecule has 1 atom stereocenters. The minimum atomic E-state index is -0.0611. The summed E-state index contributed by atoms with van der Waals surface area (Å²) in [5.41, 5.74) is 1.08. The minimum Gasteiger partial charge on any atom is -0.385 e. The zero-order valence-corrected chi connectivity index (χ0v) is 11.7. The lowest BCUT2D eigenvalue weighted by Gasteiger charge is -2.28. The molecule has 0 aliphatic carbocycles. The van der Waals surface area contributed by atoms with Crippen LogP contribution < -0.4 is 5.32 Å². The smallest absolute Gasteiger partial charge is 0.113 e. The van der Waals surface area contributed by atoms with E-state index in [1.165, 1.54) is 9.88 Å². The molecule has 0 saturated carbocycles. The predicted molar refractivity (Wildman–Crippen MR) is 69.1 cm³/mol. The van der Waals surface area contributed by atoms with Crippen molar-refractivity contribution in [1.82, 2.24) is 10.3 Å². The Balaban J connectivity index is 2.91. The van der Waals surface area contributed by atoms with Crippen LogP contribution in [0.4, 0.5) is 0 Å². The number of hydrogen-bond donors (Lipinski definition) is 1. The third kappa shape index (κ3) is 3.03. The molecule has 0 aliphatic rings. The van der Waals surface area contributed by atoms with Crippen molar-refractivity contribution < 1.29 is 4.74 Å². The minimum absolute atomic E-state index is 0.0611. The number of hydrogen-bond acceptors (Lipinski definition) is 4. The normalized spacial score (nSPS) is 15.1. The topological polar surface area (TPSA) is 34.1 Å². The van der Waals surface area contributed by atoms with Crippen molar-refractivity contribution in [3.05, 3.63) is 15.6 Å². The number of aryl methyl sites for hydroxylation is 2. The average Bonchev–Trinajstić information content (AvgIpc) is 2.57. The first-order valence-electron chi connectivity index (χ1n) is 5.72. The first-order chi connectivity index (χ1) is 7.53. The van der Waals surface area contributed by atoms with Crippen LogP contribution in [0.15, 0.2) is 0 Å². The number of nitrogens with zero attached hydrogens (tertiary/aromatic N) is 1. The molecule has 0 aromatic carbocycles. The number of nitrogens with one attached hydrogen (secondary N) is 1. The van der Waals surface area contributed by atoms with Crippen molar-refractivity contribution in [2.24, 2.45) is 0 Å². The summed E-state index contributed by atoms with van der Waals surface area (Å²) in [6.07, 6.45) is 0.948. The molecule has 0 amide bonds. The Kier molecular flexibility index (Phi) is 4.89. The number of thiazole rings is 1. The molecule has 1 rings (SSSR count). The third-order valence-corrected chi connectivity index (χ3v) is 4.21. The fraction of sp³-hybridized carbons (Fsp3) is 0.750. The van der Waals surface area contributed by atoms with Gasteiger partial charge >= 0.3 is 0 Å². The molecule has 0 aliphatic heterocycles. The largest absolute Gasteiger partial charge is 0.385 e. The van der Waals surface area contributed by atoms with Crippen LogP contribution >= 0.6 is 11.3 Å². The molecule has 1 aromatic heterocycles. The van der Waals surface area contributed by atoms with E-state index in [4.69, 9.17) is 4.74 Å². The molecule has 16 heavy (non-hydrogen) atoms. The van der Waals surface area contributed by atoms with Crippen LogP contribution in [0.2, 0.25) is 0 Å². The van der Waals surface area contributed by atoms with E-state index in [0.717, 1.165) is 25.3 Å². The first-order valence-corrected chi connectivity index (χ1v) is 6.53. The van der Waals surface area contributed by atoms with Gasteiger partial charge in [0.1, 0.15) is 5.01 Å². The van der Waals surface area contributed by atoms with Crippen molar-refractivity contribution in [2.75, 3.05) is 20.3 Å². The Morgan fingerprint density at radius 2 is 2.12 bits per heavy atom. The summed E-state index contributed by atoms with van der Waals surface area (Å²) in [5, 5.41) is 4.69. The maximum Gasteiger partial charge on any atom is 0.113 e. The van der Waals surface area contributed by atoms with Crippen LogP contribution in [0.25, 0.3) is 0 Å². The average molecular weight is 242 g/mol. The fourth-order valence-electron chi connectivity index (χ4n) is 1.68. The second-order valence-corrected chi connectivity index (χ2v) is 5.47. The van der Waals surface area contributed by atoms with Crippen molar-refractivity contribution in [3.63, 3.8) is 0 Å². The summed E-state index contributed by atoms with van der Waals surface area (Å²) in [4.78, 5) is 5.96. The molecule has 4 heteroatoms. The summed E-state index contributed by atoms with van der Waals surface area (Å²) in [7, 11) is 1.74. The molecular weight excluding hydrogens is 220 g/mol. The maximum absolute atomic E-state index is 5.18. The molecule has 92 valence electrons. The fourth-order valence-corrected chi connectivity index (χ4v) is 2.74. The van der Waals surface area contributed by atoms with E-state index in [1.807, 2.05) is 0 Å². The summed E-state index contributed by atoms with van der Waals surface area (Å²) in [5.74, 6) is 0. The van der Waals surface area contributed by atoms with E-state index in [-0.39, 0.29) is 5.54 Å². The van der Waals surface area contributed by atoms with E-state index in [1.54, 1.807) is 18.4 Å². The van der Waals surface area contributed by atoms with Crippen LogP contribution in [0.5, 0.6) is 0 Å². The molecule has 3 nitrogen and oxygen atoms in total. The Hall–Kier alpha value is -0.450. The van der Waals surface area contributed by atoms with E-state index in [0.29, 0.717) is 0 Å². The van der Waals surface area contributed by atoms with E-state index in [2.05, 4.69) is 38.0 Å². The molecule has 1 N–H and O–H groups in total. The quantitative estimate of drug-likeness (QED) is 0.832. The predicted octanol–water partition coefficient (Wildman–Crippen LogP) is 2.62. The molecule has 0 radical (unpaired) electrons. The molecule has 0 saturated heterocycles. The molecule has 1 unspecified atom stereocenters. The SMILES string of the molecule is CCNC(C)(CCOC)c1nc(C)c(C)s1. The van der Waals surface area contributed by atoms with Gasteiger partial charge in [-0.1, -0.05) is 6.92 Å². The summed E-state index contributed by atoms with van der Waals surface area (Å²) >= 11 is 1.78. The van der Waals surface area contributed by atoms with Crippen molar-refractivity contribution in [2.45, 2.75) is 39.7 Å². The number of ether oxygens (including phenoxy) is 1. The first kappa shape index (κ1) is 13.6. The van der Waals surface area contributed by atoms with Gasteiger partial charge in [-0.15, -0.1) is 11.3 Å². The van der Waals surface area contributed by atoms with E-state index >= 15 is 0 Å². The van der Waals surface area contributed by atoms with Gasteiger partial charge in [0.25, 0.3) is 0 Å². The number of aromatic nitrogens is 1. The Morgan fingerprint density at radius 3 is 2.56 bits per heavy atom. The molecule has 1 heterocycles. The highest BCUT2D eigenvalue weighted by atomic mass is 32.1. The highest BCUT2D eigenvalue weighted by Gasteiger charge is 2.28. The van der Waals surface area contributed by atoms with E-state index in [9.17, 15) is 0 Å². The molecule has 1 aromatic rings.